The fourth-order valence-electron chi connectivity index (χ4n) is 4.34. The normalized spacial score (nSPS) is 20.0. The molecular weight excluding hydrogens is 350 g/mol. The summed E-state index contributed by atoms with van der Waals surface area (Å²) < 4.78 is 0. The largest absolute Gasteiger partial charge is 0.343 e. The molecule has 28 heavy (non-hydrogen) atoms. The quantitative estimate of drug-likeness (QED) is 0.773. The van der Waals surface area contributed by atoms with Gasteiger partial charge in [-0.2, -0.15) is 5.10 Å². The Kier molecular flexibility index (Phi) is 5.84. The SMILES string of the molecule is CCCc1nccc(-c2cn[nH]c2C2CCN(C(=O)CC3C=CCC3)CC2)n1. The van der Waals surface area contributed by atoms with E-state index in [9.17, 15) is 4.79 Å². The van der Waals surface area contributed by atoms with E-state index in [1.807, 2.05) is 23.4 Å². The van der Waals surface area contributed by atoms with Crippen molar-refractivity contribution in [3.63, 3.8) is 0 Å². The molecule has 1 saturated heterocycles. The molecule has 6 nitrogen and oxygen atoms in total. The summed E-state index contributed by atoms with van der Waals surface area (Å²) in [5.41, 5.74) is 3.15. The third-order valence-electron chi connectivity index (χ3n) is 5.93. The predicted molar refractivity (Wildman–Crippen MR) is 109 cm³/mol. The van der Waals surface area contributed by atoms with E-state index in [4.69, 9.17) is 4.98 Å². The summed E-state index contributed by atoms with van der Waals surface area (Å²) in [6.45, 7) is 3.78. The number of nitrogens with zero attached hydrogens (tertiary/aromatic N) is 4. The lowest BCUT2D eigenvalue weighted by atomic mass is 9.90. The summed E-state index contributed by atoms with van der Waals surface area (Å²) in [6.07, 6.45) is 14.9. The summed E-state index contributed by atoms with van der Waals surface area (Å²) in [7, 11) is 0. The van der Waals surface area contributed by atoms with Crippen LogP contribution in [-0.4, -0.2) is 44.1 Å². The summed E-state index contributed by atoms with van der Waals surface area (Å²) in [5, 5.41) is 7.50. The van der Waals surface area contributed by atoms with Crippen molar-refractivity contribution in [1.82, 2.24) is 25.1 Å². The van der Waals surface area contributed by atoms with E-state index in [1.54, 1.807) is 0 Å². The van der Waals surface area contributed by atoms with E-state index < -0.39 is 0 Å². The lowest BCUT2D eigenvalue weighted by Crippen LogP contribution is -2.38. The van der Waals surface area contributed by atoms with Gasteiger partial charge in [-0.15, -0.1) is 0 Å². The number of hydrogen-bond acceptors (Lipinski definition) is 4. The first-order chi connectivity index (χ1) is 13.7. The minimum Gasteiger partial charge on any atom is -0.343 e. The lowest BCUT2D eigenvalue weighted by molar-refractivity contribution is -0.132. The number of hydrogen-bond donors (Lipinski definition) is 1. The van der Waals surface area contributed by atoms with Gasteiger partial charge in [0, 0.05) is 49.3 Å². The van der Waals surface area contributed by atoms with Gasteiger partial charge in [-0.05, 0) is 44.1 Å². The molecule has 1 aliphatic carbocycles. The molecule has 2 aliphatic rings. The standard InChI is InChI=1S/C22H29N5O/c1-2-5-20-23-11-8-19(25-20)18-15-24-26-22(18)17-9-12-27(13-10-17)21(28)14-16-6-3-4-7-16/h3,6,8,11,15-17H,2,4-5,7,9-10,12-14H2,1H3,(H,24,26). The molecule has 1 N–H and O–H groups in total. The van der Waals surface area contributed by atoms with E-state index in [2.05, 4.69) is 34.3 Å². The van der Waals surface area contributed by atoms with Crippen LogP contribution in [0, 0.1) is 5.92 Å². The maximum absolute atomic E-state index is 12.6. The number of aromatic amines is 1. The number of aryl methyl sites for hydroxylation is 1. The van der Waals surface area contributed by atoms with Crippen molar-refractivity contribution in [1.29, 1.82) is 0 Å². The van der Waals surface area contributed by atoms with E-state index in [1.165, 1.54) is 0 Å². The molecule has 1 fully saturated rings. The van der Waals surface area contributed by atoms with Gasteiger partial charge < -0.3 is 4.90 Å². The van der Waals surface area contributed by atoms with Gasteiger partial charge in [-0.3, -0.25) is 9.89 Å². The van der Waals surface area contributed by atoms with Crippen LogP contribution in [-0.2, 0) is 11.2 Å². The zero-order valence-corrected chi connectivity index (χ0v) is 16.6. The van der Waals surface area contributed by atoms with Crippen LogP contribution in [0.5, 0.6) is 0 Å². The summed E-state index contributed by atoms with van der Waals surface area (Å²) in [5.74, 6) is 2.02. The van der Waals surface area contributed by atoms with Crippen LogP contribution in [0.15, 0.2) is 30.6 Å². The Morgan fingerprint density at radius 2 is 2.14 bits per heavy atom. The summed E-state index contributed by atoms with van der Waals surface area (Å²) in [6, 6.07) is 1.96. The molecule has 0 radical (unpaired) electrons. The first-order valence-electron chi connectivity index (χ1n) is 10.5. The van der Waals surface area contributed by atoms with Crippen molar-refractivity contribution >= 4 is 5.91 Å². The van der Waals surface area contributed by atoms with Gasteiger partial charge in [0.25, 0.3) is 0 Å². The third-order valence-corrected chi connectivity index (χ3v) is 5.93. The number of likely N-dealkylation sites (tertiary alicyclic amines) is 1. The van der Waals surface area contributed by atoms with E-state index >= 15 is 0 Å². The fraction of sp³-hybridized carbons (Fsp3) is 0.545. The van der Waals surface area contributed by atoms with Crippen LogP contribution < -0.4 is 0 Å². The Morgan fingerprint density at radius 1 is 1.29 bits per heavy atom. The van der Waals surface area contributed by atoms with Crippen molar-refractivity contribution < 1.29 is 4.79 Å². The maximum Gasteiger partial charge on any atom is 0.223 e. The fourth-order valence-corrected chi connectivity index (χ4v) is 4.34. The molecule has 6 heteroatoms. The van der Waals surface area contributed by atoms with Crippen LogP contribution >= 0.6 is 0 Å². The molecule has 0 bridgehead atoms. The van der Waals surface area contributed by atoms with E-state index in [-0.39, 0.29) is 0 Å². The molecule has 1 amide bonds. The number of carbonyl (C=O) groups is 1. The lowest BCUT2D eigenvalue weighted by Gasteiger charge is -2.32. The molecule has 0 spiro atoms. The summed E-state index contributed by atoms with van der Waals surface area (Å²) in [4.78, 5) is 23.7. The monoisotopic (exact) mass is 379 g/mol. The Balaban J connectivity index is 1.40. The molecule has 1 atom stereocenters. The van der Waals surface area contributed by atoms with Crippen LogP contribution in [0.3, 0.4) is 0 Å². The highest BCUT2D eigenvalue weighted by atomic mass is 16.2. The van der Waals surface area contributed by atoms with Crippen molar-refractivity contribution in [3.05, 3.63) is 42.1 Å². The Hall–Kier alpha value is -2.50. The topological polar surface area (TPSA) is 74.8 Å². The van der Waals surface area contributed by atoms with Crippen molar-refractivity contribution in [2.24, 2.45) is 5.92 Å². The second kappa shape index (κ2) is 8.67. The highest BCUT2D eigenvalue weighted by Crippen LogP contribution is 2.33. The molecule has 0 aromatic carbocycles. The van der Waals surface area contributed by atoms with Crippen molar-refractivity contribution in [3.8, 4) is 11.3 Å². The highest BCUT2D eigenvalue weighted by Gasteiger charge is 2.28. The average Bonchev–Trinajstić information content (AvgIpc) is 3.40. The van der Waals surface area contributed by atoms with Gasteiger partial charge in [-0.1, -0.05) is 19.1 Å². The van der Waals surface area contributed by atoms with Crippen LogP contribution in [0.2, 0.25) is 0 Å². The van der Waals surface area contributed by atoms with Gasteiger partial charge in [0.2, 0.25) is 5.91 Å². The van der Waals surface area contributed by atoms with Gasteiger partial charge in [0.15, 0.2) is 0 Å². The van der Waals surface area contributed by atoms with Crippen LogP contribution in [0.1, 0.15) is 62.9 Å². The number of H-pyrrole nitrogens is 1. The molecule has 1 aliphatic heterocycles. The molecule has 0 saturated carbocycles. The Bertz CT molecular complexity index is 835. The second-order valence-electron chi connectivity index (χ2n) is 7.93. The van der Waals surface area contributed by atoms with Crippen LogP contribution in [0.25, 0.3) is 11.3 Å². The first kappa shape index (κ1) is 18.8. The number of amides is 1. The van der Waals surface area contributed by atoms with Gasteiger partial charge >= 0.3 is 0 Å². The molecule has 2 aromatic heterocycles. The van der Waals surface area contributed by atoms with Crippen LogP contribution in [0.4, 0.5) is 0 Å². The van der Waals surface area contributed by atoms with E-state index in [0.29, 0.717) is 24.2 Å². The van der Waals surface area contributed by atoms with Gasteiger partial charge in [0.05, 0.1) is 11.9 Å². The number of carbonyl (C=O) groups excluding carboxylic acids is 1. The van der Waals surface area contributed by atoms with E-state index in [0.717, 1.165) is 74.4 Å². The predicted octanol–water partition coefficient (Wildman–Crippen LogP) is 3.88. The summed E-state index contributed by atoms with van der Waals surface area (Å²) >= 11 is 0. The minimum atomic E-state index is 0.305. The van der Waals surface area contributed by atoms with Gasteiger partial charge in [0.1, 0.15) is 5.82 Å². The molecule has 1 unspecified atom stereocenters. The van der Waals surface area contributed by atoms with Crippen molar-refractivity contribution in [2.45, 2.75) is 57.8 Å². The first-order valence-corrected chi connectivity index (χ1v) is 10.5. The number of nitrogens with one attached hydrogen (secondary N) is 1. The number of piperidine rings is 1. The molecule has 4 rings (SSSR count). The smallest absolute Gasteiger partial charge is 0.223 e. The third kappa shape index (κ3) is 4.16. The number of rotatable bonds is 6. The van der Waals surface area contributed by atoms with Crippen molar-refractivity contribution in [2.75, 3.05) is 13.1 Å². The molecule has 3 heterocycles. The zero-order valence-electron chi connectivity index (χ0n) is 16.6. The molecular formula is C22H29N5O. The zero-order chi connectivity index (χ0) is 19.3. The number of allylic oxidation sites excluding steroid dienone is 2. The average molecular weight is 380 g/mol. The maximum atomic E-state index is 12.6. The Morgan fingerprint density at radius 3 is 2.89 bits per heavy atom. The number of aromatic nitrogens is 4. The highest BCUT2D eigenvalue weighted by molar-refractivity contribution is 5.77. The Labute approximate surface area is 166 Å². The molecule has 2 aromatic rings. The second-order valence-corrected chi connectivity index (χ2v) is 7.93. The minimum absolute atomic E-state index is 0.305. The van der Waals surface area contributed by atoms with Gasteiger partial charge in [-0.25, -0.2) is 9.97 Å². The molecule has 148 valence electrons.